The summed E-state index contributed by atoms with van der Waals surface area (Å²) >= 11 is 0. The first-order valence-corrected chi connectivity index (χ1v) is 11.0. The summed E-state index contributed by atoms with van der Waals surface area (Å²) in [5.74, 6) is -0.903. The van der Waals surface area contributed by atoms with E-state index in [1.54, 1.807) is 29.2 Å². The minimum Gasteiger partial charge on any atom is -0.484 e. The molecule has 3 aromatic rings. The van der Waals surface area contributed by atoms with Crippen LogP contribution in [-0.2, 0) is 11.3 Å². The Labute approximate surface area is 196 Å². The average molecular weight is 466 g/mol. The fourth-order valence-electron chi connectivity index (χ4n) is 3.86. The van der Waals surface area contributed by atoms with Crippen molar-refractivity contribution in [2.75, 3.05) is 29.9 Å². The van der Waals surface area contributed by atoms with Crippen molar-refractivity contribution in [2.45, 2.75) is 19.9 Å². The highest BCUT2D eigenvalue weighted by Crippen LogP contribution is 2.30. The molecule has 3 amide bonds. The number of carbonyl (C=O) groups excluding carboxylic acids is 2. The zero-order valence-corrected chi connectivity index (χ0v) is 18.8. The van der Waals surface area contributed by atoms with Gasteiger partial charge in [0.2, 0.25) is 0 Å². The van der Waals surface area contributed by atoms with E-state index < -0.39 is 11.6 Å². The van der Waals surface area contributed by atoms with E-state index in [1.807, 2.05) is 31.2 Å². The maximum absolute atomic E-state index is 14.1. The minimum absolute atomic E-state index is 0.0442. The average Bonchev–Trinajstić information content (AvgIpc) is 2.82. The molecule has 1 aliphatic rings. The van der Waals surface area contributed by atoms with E-state index in [0.717, 1.165) is 23.8 Å². The van der Waals surface area contributed by atoms with Gasteiger partial charge in [0, 0.05) is 18.7 Å². The van der Waals surface area contributed by atoms with Gasteiger partial charge in [-0.2, -0.15) is 0 Å². The minimum atomic E-state index is -0.562. The second-order valence-corrected chi connectivity index (χ2v) is 8.12. The molecule has 0 aliphatic carbocycles. The molecule has 1 saturated heterocycles. The van der Waals surface area contributed by atoms with Crippen LogP contribution in [0.1, 0.15) is 17.5 Å². The van der Waals surface area contributed by atoms with Crippen molar-refractivity contribution >= 4 is 23.3 Å². The number of anilines is 2. The first-order chi connectivity index (χ1) is 16.4. The second-order valence-electron chi connectivity index (χ2n) is 8.12. The first-order valence-electron chi connectivity index (χ1n) is 11.0. The standard InChI is InChI=1S/C26H25F2N3O3/c1-18-8-11-24(23(14-18)29-25(32)17-34-21-6-3-2-4-7-21)31-13-5-12-30(26(31)33)16-19-15-20(27)9-10-22(19)28/h2-4,6-11,14-15H,5,12-13,16-17H2,1H3,(H,29,32). The lowest BCUT2D eigenvalue weighted by Crippen LogP contribution is -2.49. The van der Waals surface area contributed by atoms with Gasteiger partial charge in [0.05, 0.1) is 17.9 Å². The van der Waals surface area contributed by atoms with Crippen LogP contribution in [0.2, 0.25) is 0 Å². The number of carbonyl (C=O) groups is 2. The summed E-state index contributed by atoms with van der Waals surface area (Å²) in [4.78, 5) is 28.8. The molecule has 4 rings (SSSR count). The van der Waals surface area contributed by atoms with Crippen LogP contribution < -0.4 is 15.0 Å². The topological polar surface area (TPSA) is 61.9 Å². The molecule has 0 unspecified atom stereocenters. The number of rotatable bonds is 7. The molecule has 0 radical (unpaired) electrons. The summed E-state index contributed by atoms with van der Waals surface area (Å²) in [5.41, 5.74) is 2.04. The highest BCUT2D eigenvalue weighted by molar-refractivity contribution is 6.01. The van der Waals surface area contributed by atoms with Gasteiger partial charge in [0.25, 0.3) is 5.91 Å². The number of benzene rings is 3. The van der Waals surface area contributed by atoms with Gasteiger partial charge >= 0.3 is 6.03 Å². The number of hydrogen-bond donors (Lipinski definition) is 1. The molecule has 1 fully saturated rings. The van der Waals surface area contributed by atoms with Crippen LogP contribution in [0.5, 0.6) is 5.75 Å². The predicted octanol–water partition coefficient (Wildman–Crippen LogP) is 5.12. The SMILES string of the molecule is Cc1ccc(N2CCCN(Cc3cc(F)ccc3F)C2=O)c(NC(=O)COc2ccccc2)c1. The normalized spacial score (nSPS) is 13.7. The van der Waals surface area contributed by atoms with Gasteiger partial charge in [0.15, 0.2) is 6.61 Å². The Morgan fingerprint density at radius 1 is 1.03 bits per heavy atom. The Morgan fingerprint density at radius 2 is 1.82 bits per heavy atom. The number of nitrogens with zero attached hydrogens (tertiary/aromatic N) is 2. The maximum Gasteiger partial charge on any atom is 0.324 e. The number of amides is 3. The molecule has 1 heterocycles. The summed E-state index contributed by atoms with van der Waals surface area (Å²) in [6.07, 6.45) is 0.640. The third kappa shape index (κ3) is 5.51. The van der Waals surface area contributed by atoms with Gasteiger partial charge in [0.1, 0.15) is 17.4 Å². The largest absolute Gasteiger partial charge is 0.484 e. The van der Waals surface area contributed by atoms with Crippen molar-refractivity contribution in [2.24, 2.45) is 0 Å². The van der Waals surface area contributed by atoms with Crippen LogP contribution in [0.15, 0.2) is 66.7 Å². The van der Waals surface area contributed by atoms with Crippen LogP contribution in [0.3, 0.4) is 0 Å². The third-order valence-electron chi connectivity index (χ3n) is 5.51. The smallest absolute Gasteiger partial charge is 0.324 e. The number of hydrogen-bond acceptors (Lipinski definition) is 3. The van der Waals surface area contributed by atoms with Crippen LogP contribution >= 0.6 is 0 Å². The van der Waals surface area contributed by atoms with Crippen molar-refractivity contribution in [3.63, 3.8) is 0 Å². The van der Waals surface area contributed by atoms with Gasteiger partial charge in [-0.1, -0.05) is 24.3 Å². The van der Waals surface area contributed by atoms with E-state index in [9.17, 15) is 18.4 Å². The molecule has 0 atom stereocenters. The molecule has 0 bridgehead atoms. The molecule has 1 aliphatic heterocycles. The van der Waals surface area contributed by atoms with Gasteiger partial charge < -0.3 is 15.0 Å². The molecule has 8 heteroatoms. The van der Waals surface area contributed by atoms with Crippen LogP contribution in [0.4, 0.5) is 25.0 Å². The highest BCUT2D eigenvalue weighted by atomic mass is 19.1. The summed E-state index contributed by atoms with van der Waals surface area (Å²) in [5, 5.41) is 2.83. The first kappa shape index (κ1) is 23.2. The molecule has 0 aromatic heterocycles. The van der Waals surface area contributed by atoms with Crippen LogP contribution in [-0.4, -0.2) is 36.5 Å². The van der Waals surface area contributed by atoms with Gasteiger partial charge in [-0.3, -0.25) is 9.69 Å². The van der Waals surface area contributed by atoms with E-state index in [1.165, 1.54) is 4.90 Å². The second kappa shape index (κ2) is 10.3. The number of urea groups is 1. The molecule has 1 N–H and O–H groups in total. The summed E-state index contributed by atoms with van der Waals surface area (Å²) in [6.45, 7) is 2.52. The Morgan fingerprint density at radius 3 is 2.62 bits per heavy atom. The Bertz CT molecular complexity index is 1190. The maximum atomic E-state index is 14.1. The van der Waals surface area contributed by atoms with Crippen molar-refractivity contribution < 1.29 is 23.1 Å². The fraction of sp³-hybridized carbons (Fsp3) is 0.231. The Hall–Kier alpha value is -3.94. The number of halogens is 2. The summed E-state index contributed by atoms with van der Waals surface area (Å²) in [6, 6.07) is 17.3. The number of nitrogens with one attached hydrogen (secondary N) is 1. The van der Waals surface area contributed by atoms with Gasteiger partial charge in [-0.05, 0) is 61.4 Å². The molecular weight excluding hydrogens is 440 g/mol. The number of para-hydroxylation sites is 1. The Kier molecular flexibility index (Phi) is 7.06. The molecule has 0 spiro atoms. The van der Waals surface area contributed by atoms with E-state index in [2.05, 4.69) is 5.32 Å². The fourth-order valence-corrected chi connectivity index (χ4v) is 3.86. The molecule has 176 valence electrons. The van der Waals surface area contributed by atoms with Crippen molar-refractivity contribution in [3.05, 3.63) is 89.5 Å². The van der Waals surface area contributed by atoms with Crippen molar-refractivity contribution in [3.8, 4) is 5.75 Å². The lowest BCUT2D eigenvalue weighted by atomic mass is 10.1. The van der Waals surface area contributed by atoms with Crippen LogP contribution in [0.25, 0.3) is 0 Å². The Balaban J connectivity index is 1.50. The van der Waals surface area contributed by atoms with E-state index in [4.69, 9.17) is 4.74 Å². The third-order valence-corrected chi connectivity index (χ3v) is 5.51. The van der Waals surface area contributed by atoms with E-state index in [-0.39, 0.29) is 30.7 Å². The highest BCUT2D eigenvalue weighted by Gasteiger charge is 2.29. The predicted molar refractivity (Wildman–Crippen MR) is 126 cm³/mol. The van der Waals surface area contributed by atoms with E-state index in [0.29, 0.717) is 36.6 Å². The zero-order valence-electron chi connectivity index (χ0n) is 18.8. The summed E-state index contributed by atoms with van der Waals surface area (Å²) < 4.78 is 33.2. The number of aryl methyl sites for hydroxylation is 1. The molecule has 3 aromatic carbocycles. The number of ether oxygens (including phenoxy) is 1. The molecule has 6 nitrogen and oxygen atoms in total. The lowest BCUT2D eigenvalue weighted by Gasteiger charge is -2.36. The molecule has 34 heavy (non-hydrogen) atoms. The van der Waals surface area contributed by atoms with Crippen LogP contribution in [0, 0.1) is 18.6 Å². The lowest BCUT2D eigenvalue weighted by molar-refractivity contribution is -0.118. The zero-order chi connectivity index (χ0) is 24.1. The van der Waals surface area contributed by atoms with Gasteiger partial charge in [-0.25, -0.2) is 13.6 Å². The summed E-state index contributed by atoms with van der Waals surface area (Å²) in [7, 11) is 0. The molecular formula is C26H25F2N3O3. The quantitative estimate of drug-likeness (QED) is 0.527. The van der Waals surface area contributed by atoms with E-state index >= 15 is 0 Å². The van der Waals surface area contributed by atoms with Crippen molar-refractivity contribution in [1.29, 1.82) is 0 Å². The van der Waals surface area contributed by atoms with Gasteiger partial charge in [-0.15, -0.1) is 0 Å². The van der Waals surface area contributed by atoms with Crippen molar-refractivity contribution in [1.82, 2.24) is 4.90 Å². The monoisotopic (exact) mass is 465 g/mol. The molecule has 0 saturated carbocycles.